The highest BCUT2D eigenvalue weighted by molar-refractivity contribution is 5.92. The van der Waals surface area contributed by atoms with Crippen LogP contribution in [0.1, 0.15) is 70.1 Å². The quantitative estimate of drug-likeness (QED) is 0.174. The van der Waals surface area contributed by atoms with Crippen LogP contribution in [0.3, 0.4) is 0 Å². The molecule has 46 heavy (non-hydrogen) atoms. The maximum Gasteiger partial charge on any atom is 0.318 e. The van der Waals surface area contributed by atoms with Gasteiger partial charge in [0.2, 0.25) is 11.8 Å². The molecule has 4 amide bonds. The number of carbonyl (C=O) groups is 3. The molecule has 0 unspecified atom stereocenters. The van der Waals surface area contributed by atoms with Gasteiger partial charge in [-0.1, -0.05) is 76.3 Å². The molecular weight excluding hydrogens is 588 g/mol. The van der Waals surface area contributed by atoms with Crippen molar-refractivity contribution in [3.05, 3.63) is 54.1 Å². The predicted octanol–water partition coefficient (Wildman–Crippen LogP) is 2.31. The SMILES string of the molecule is CC(C)C[C@H](O)[C@H](O)[C@H](CC1CCCCC1)NC(=O)[C@H](Cc1cnc[nH]1)NC(=O)[C@H](Cc1ccccc1)NC(=O)N1CCOCC1. The van der Waals surface area contributed by atoms with Crippen molar-refractivity contribution in [2.24, 2.45) is 11.8 Å². The highest BCUT2D eigenvalue weighted by atomic mass is 16.5. The molecule has 2 fully saturated rings. The molecule has 2 aliphatic rings. The number of imidazole rings is 1. The van der Waals surface area contributed by atoms with Crippen LogP contribution in [0.2, 0.25) is 0 Å². The van der Waals surface area contributed by atoms with E-state index in [1.165, 1.54) is 12.7 Å². The number of hydrogen-bond donors (Lipinski definition) is 6. The predicted molar refractivity (Wildman–Crippen MR) is 174 cm³/mol. The van der Waals surface area contributed by atoms with E-state index >= 15 is 0 Å². The number of rotatable bonds is 15. The third-order valence-electron chi connectivity index (χ3n) is 8.97. The van der Waals surface area contributed by atoms with E-state index in [0.717, 1.165) is 31.2 Å². The first kappa shape index (κ1) is 35.4. The van der Waals surface area contributed by atoms with Gasteiger partial charge in [0.1, 0.15) is 18.2 Å². The summed E-state index contributed by atoms with van der Waals surface area (Å²) in [6.07, 6.45) is 7.64. The Morgan fingerprint density at radius 3 is 2.28 bits per heavy atom. The first-order chi connectivity index (χ1) is 22.2. The smallest absolute Gasteiger partial charge is 0.318 e. The number of urea groups is 1. The third kappa shape index (κ3) is 11.1. The van der Waals surface area contributed by atoms with Gasteiger partial charge in [-0.25, -0.2) is 9.78 Å². The van der Waals surface area contributed by atoms with E-state index in [4.69, 9.17) is 4.74 Å². The van der Waals surface area contributed by atoms with Gasteiger partial charge in [-0.05, 0) is 30.2 Å². The van der Waals surface area contributed by atoms with Crippen LogP contribution in [0.5, 0.6) is 0 Å². The number of aromatic amines is 1. The molecule has 1 aliphatic carbocycles. The Morgan fingerprint density at radius 1 is 0.957 bits per heavy atom. The number of ether oxygens (including phenoxy) is 1. The van der Waals surface area contributed by atoms with Gasteiger partial charge in [0.05, 0.1) is 31.7 Å². The van der Waals surface area contributed by atoms with Crippen molar-refractivity contribution in [3.63, 3.8) is 0 Å². The first-order valence-electron chi connectivity index (χ1n) is 16.8. The van der Waals surface area contributed by atoms with Crippen molar-refractivity contribution < 1.29 is 29.3 Å². The zero-order valence-corrected chi connectivity index (χ0v) is 27.2. The van der Waals surface area contributed by atoms with Crippen LogP contribution in [0.4, 0.5) is 4.79 Å². The number of H-pyrrole nitrogens is 1. The Bertz CT molecular complexity index is 1200. The third-order valence-corrected chi connectivity index (χ3v) is 8.97. The van der Waals surface area contributed by atoms with Gasteiger partial charge >= 0.3 is 6.03 Å². The van der Waals surface area contributed by atoms with Crippen LogP contribution >= 0.6 is 0 Å². The van der Waals surface area contributed by atoms with E-state index in [-0.39, 0.29) is 24.8 Å². The highest BCUT2D eigenvalue weighted by Gasteiger charge is 2.34. The van der Waals surface area contributed by atoms with E-state index in [2.05, 4.69) is 25.9 Å². The average Bonchev–Trinajstić information content (AvgIpc) is 3.57. The largest absolute Gasteiger partial charge is 0.390 e. The standard InChI is InChI=1S/C34H52N6O6/c1-23(2)17-30(41)31(42)27(18-24-9-5-3-6-10-24)37-33(44)29(20-26-21-35-22-36-26)38-32(43)28(19-25-11-7-4-8-12-25)39-34(45)40-13-15-46-16-14-40/h4,7-8,11-12,21-24,27-31,41-42H,3,5-6,9-10,13-20H2,1-2H3,(H,35,36)(H,37,44)(H,38,43)(H,39,45)/t27-,28-,29-,30-,31+/m0/s1. The number of carbonyl (C=O) groups excluding carboxylic acids is 3. The molecule has 1 aromatic carbocycles. The number of aromatic nitrogens is 2. The van der Waals surface area contributed by atoms with Crippen molar-refractivity contribution in [1.82, 2.24) is 30.8 Å². The molecule has 0 spiro atoms. The molecule has 4 rings (SSSR count). The van der Waals surface area contributed by atoms with Crippen molar-refractivity contribution in [2.75, 3.05) is 26.3 Å². The molecule has 12 heteroatoms. The number of benzene rings is 1. The molecule has 2 aromatic rings. The summed E-state index contributed by atoms with van der Waals surface area (Å²) in [7, 11) is 0. The molecule has 1 saturated carbocycles. The van der Waals surface area contributed by atoms with Gasteiger partial charge in [0.15, 0.2) is 0 Å². The molecule has 1 aliphatic heterocycles. The monoisotopic (exact) mass is 640 g/mol. The minimum absolute atomic E-state index is 0.119. The normalized spacial score (nSPS) is 19.1. The number of nitrogens with zero attached hydrogens (tertiary/aromatic N) is 2. The second kappa shape index (κ2) is 18.0. The zero-order valence-electron chi connectivity index (χ0n) is 27.2. The van der Waals surface area contributed by atoms with Gasteiger partial charge in [0.25, 0.3) is 0 Å². The van der Waals surface area contributed by atoms with Crippen molar-refractivity contribution in [3.8, 4) is 0 Å². The van der Waals surface area contributed by atoms with E-state index in [1.54, 1.807) is 11.1 Å². The number of nitrogens with one attached hydrogen (secondary N) is 4. The Morgan fingerprint density at radius 2 is 1.63 bits per heavy atom. The summed E-state index contributed by atoms with van der Waals surface area (Å²) in [5, 5.41) is 30.9. The molecule has 0 radical (unpaired) electrons. The number of morpholine rings is 1. The lowest BCUT2D eigenvalue weighted by molar-refractivity contribution is -0.131. The van der Waals surface area contributed by atoms with Crippen molar-refractivity contribution in [2.45, 2.75) is 102 Å². The van der Waals surface area contributed by atoms with Crippen molar-refractivity contribution >= 4 is 17.8 Å². The molecule has 1 aromatic heterocycles. The van der Waals surface area contributed by atoms with Gasteiger partial charge < -0.3 is 40.8 Å². The molecule has 1 saturated heterocycles. The summed E-state index contributed by atoms with van der Waals surface area (Å²) >= 11 is 0. The Kier molecular flexibility index (Phi) is 13.9. The lowest BCUT2D eigenvalue weighted by Gasteiger charge is -2.34. The summed E-state index contributed by atoms with van der Waals surface area (Å²) in [5.74, 6) is -0.490. The fraction of sp³-hybridized carbons (Fsp3) is 0.647. The Labute approximate surface area is 272 Å². The van der Waals surface area contributed by atoms with Crippen LogP contribution < -0.4 is 16.0 Å². The van der Waals surface area contributed by atoms with Crippen LogP contribution in [-0.2, 0) is 27.2 Å². The van der Waals surface area contributed by atoms with E-state index in [1.807, 2.05) is 44.2 Å². The van der Waals surface area contributed by atoms with Crippen LogP contribution in [0.15, 0.2) is 42.9 Å². The minimum atomic E-state index is -1.16. The Balaban J connectivity index is 1.53. The maximum atomic E-state index is 14.0. The number of amides is 4. The fourth-order valence-electron chi connectivity index (χ4n) is 6.40. The zero-order chi connectivity index (χ0) is 32.9. The van der Waals surface area contributed by atoms with Crippen LogP contribution in [0, 0.1) is 11.8 Å². The lowest BCUT2D eigenvalue weighted by Crippen LogP contribution is -2.59. The lowest BCUT2D eigenvalue weighted by atomic mass is 9.82. The summed E-state index contributed by atoms with van der Waals surface area (Å²) < 4.78 is 5.37. The van der Waals surface area contributed by atoms with Crippen LogP contribution in [-0.4, -0.2) is 99.6 Å². The second-order valence-corrected chi connectivity index (χ2v) is 13.2. The molecule has 0 bridgehead atoms. The number of aliphatic hydroxyl groups is 2. The highest BCUT2D eigenvalue weighted by Crippen LogP contribution is 2.29. The first-order valence-corrected chi connectivity index (χ1v) is 16.8. The van der Waals surface area contributed by atoms with E-state index < -0.39 is 42.1 Å². The average molecular weight is 641 g/mol. The molecular formula is C34H52N6O6. The molecule has 12 nitrogen and oxygen atoms in total. The number of aliphatic hydroxyl groups excluding tert-OH is 2. The maximum absolute atomic E-state index is 14.0. The summed E-state index contributed by atoms with van der Waals surface area (Å²) in [6, 6.07) is 6.34. The van der Waals surface area contributed by atoms with Gasteiger partial charge in [-0.2, -0.15) is 0 Å². The Hall–Kier alpha value is -3.48. The molecule has 254 valence electrons. The van der Waals surface area contributed by atoms with E-state index in [9.17, 15) is 24.6 Å². The summed E-state index contributed by atoms with van der Waals surface area (Å²) in [5.41, 5.74) is 1.50. The number of hydrogen-bond acceptors (Lipinski definition) is 7. The second-order valence-electron chi connectivity index (χ2n) is 13.2. The van der Waals surface area contributed by atoms with E-state index in [0.29, 0.717) is 50.8 Å². The summed E-state index contributed by atoms with van der Waals surface area (Å²) in [6.45, 7) is 5.65. The molecule has 5 atom stereocenters. The minimum Gasteiger partial charge on any atom is -0.390 e. The van der Waals surface area contributed by atoms with Crippen LogP contribution in [0.25, 0.3) is 0 Å². The van der Waals surface area contributed by atoms with Gasteiger partial charge in [-0.3, -0.25) is 9.59 Å². The fourth-order valence-corrected chi connectivity index (χ4v) is 6.40. The summed E-state index contributed by atoms with van der Waals surface area (Å²) in [4.78, 5) is 49.8. The van der Waals surface area contributed by atoms with Gasteiger partial charge in [0, 0.05) is 37.8 Å². The molecule has 6 N–H and O–H groups in total. The van der Waals surface area contributed by atoms with Crippen molar-refractivity contribution in [1.29, 1.82) is 0 Å². The topological polar surface area (TPSA) is 169 Å². The van der Waals surface area contributed by atoms with Gasteiger partial charge in [-0.15, -0.1) is 0 Å². The molecule has 2 heterocycles.